The van der Waals surface area contributed by atoms with Gasteiger partial charge < -0.3 is 11.1 Å². The van der Waals surface area contributed by atoms with Crippen LogP contribution in [0.1, 0.15) is 11.6 Å². The highest BCUT2D eigenvalue weighted by molar-refractivity contribution is 7.22. The summed E-state index contributed by atoms with van der Waals surface area (Å²) >= 11 is 7.29. The average molecular weight is 395 g/mol. The fourth-order valence-electron chi connectivity index (χ4n) is 2.71. The molecule has 27 heavy (non-hydrogen) atoms. The van der Waals surface area contributed by atoms with Crippen molar-refractivity contribution < 1.29 is 4.79 Å². The van der Waals surface area contributed by atoms with E-state index in [0.717, 1.165) is 21.3 Å². The highest BCUT2D eigenvalue weighted by Gasteiger charge is 2.17. The molecule has 134 valence electrons. The van der Waals surface area contributed by atoms with Gasteiger partial charge in [0.2, 0.25) is 5.91 Å². The summed E-state index contributed by atoms with van der Waals surface area (Å²) in [6, 6.07) is 16.0. The third kappa shape index (κ3) is 3.83. The van der Waals surface area contributed by atoms with Gasteiger partial charge in [0, 0.05) is 17.4 Å². The Balaban J connectivity index is 1.55. The molecular formula is C20H15ClN4OS. The zero-order valence-corrected chi connectivity index (χ0v) is 15.7. The third-order valence-corrected chi connectivity index (χ3v) is 5.33. The SMILES string of the molecule is NC(C(=O)Nc1nc2ccc(-c3ccncc3)cc2s1)c1ccc(Cl)cc1. The standard InChI is InChI=1S/C20H15ClN4OS/c21-15-4-1-13(2-5-15)18(22)19(26)25-20-24-16-6-3-14(11-17(16)27-20)12-7-9-23-10-8-12/h1-11,18H,22H2,(H,24,25,26). The molecule has 0 aliphatic heterocycles. The van der Waals surface area contributed by atoms with Crippen molar-refractivity contribution >= 4 is 44.2 Å². The second kappa shape index (κ2) is 7.44. The second-order valence-electron chi connectivity index (χ2n) is 5.96. The van der Waals surface area contributed by atoms with E-state index < -0.39 is 6.04 Å². The summed E-state index contributed by atoms with van der Waals surface area (Å²) in [5, 5.41) is 3.92. The number of amides is 1. The van der Waals surface area contributed by atoms with Crippen LogP contribution in [0, 0.1) is 0 Å². The second-order valence-corrected chi connectivity index (χ2v) is 7.42. The summed E-state index contributed by atoms with van der Waals surface area (Å²) in [5.74, 6) is -0.314. The lowest BCUT2D eigenvalue weighted by molar-refractivity contribution is -0.117. The maximum atomic E-state index is 12.5. The van der Waals surface area contributed by atoms with Gasteiger partial charge in [0.1, 0.15) is 6.04 Å². The minimum absolute atomic E-state index is 0.314. The summed E-state index contributed by atoms with van der Waals surface area (Å²) in [7, 11) is 0. The van der Waals surface area contributed by atoms with Crippen LogP contribution in [0.25, 0.3) is 21.3 Å². The molecule has 2 aromatic carbocycles. The van der Waals surface area contributed by atoms with E-state index in [1.807, 2.05) is 24.3 Å². The molecule has 4 rings (SSSR count). The van der Waals surface area contributed by atoms with Crippen LogP contribution in [0.3, 0.4) is 0 Å². The first-order valence-corrected chi connectivity index (χ1v) is 9.42. The Bertz CT molecular complexity index is 1100. The Labute approximate surface area is 164 Å². The molecule has 0 radical (unpaired) electrons. The molecule has 5 nitrogen and oxygen atoms in total. The van der Waals surface area contributed by atoms with E-state index in [1.165, 1.54) is 11.3 Å². The summed E-state index contributed by atoms with van der Waals surface area (Å²) in [6.45, 7) is 0. The van der Waals surface area contributed by atoms with Crippen molar-refractivity contribution in [3.05, 3.63) is 77.6 Å². The molecule has 0 aliphatic rings. The Hall–Kier alpha value is -2.80. The lowest BCUT2D eigenvalue weighted by atomic mass is 10.1. The fraction of sp³-hybridized carbons (Fsp3) is 0.0500. The van der Waals surface area contributed by atoms with Crippen LogP contribution < -0.4 is 11.1 Å². The number of fused-ring (bicyclic) bond motifs is 1. The number of aromatic nitrogens is 2. The maximum Gasteiger partial charge on any atom is 0.247 e. The number of nitrogens with zero attached hydrogens (tertiary/aromatic N) is 2. The molecule has 7 heteroatoms. The number of anilines is 1. The molecule has 0 saturated carbocycles. The molecule has 0 spiro atoms. The van der Waals surface area contributed by atoms with Crippen LogP contribution in [-0.2, 0) is 4.79 Å². The first kappa shape index (κ1) is 17.6. The van der Waals surface area contributed by atoms with E-state index in [1.54, 1.807) is 36.7 Å². The van der Waals surface area contributed by atoms with Gasteiger partial charge in [-0.1, -0.05) is 41.1 Å². The number of hydrogen-bond donors (Lipinski definition) is 2. The summed E-state index contributed by atoms with van der Waals surface area (Å²) in [5.41, 5.74) is 9.72. The van der Waals surface area contributed by atoms with E-state index >= 15 is 0 Å². The van der Waals surface area contributed by atoms with Crippen molar-refractivity contribution in [2.45, 2.75) is 6.04 Å². The topological polar surface area (TPSA) is 80.9 Å². The Morgan fingerprint density at radius 2 is 1.78 bits per heavy atom. The summed E-state index contributed by atoms with van der Waals surface area (Å²) in [4.78, 5) is 21.0. The van der Waals surface area contributed by atoms with Crippen molar-refractivity contribution in [1.29, 1.82) is 0 Å². The van der Waals surface area contributed by atoms with Crippen molar-refractivity contribution in [3.63, 3.8) is 0 Å². The molecule has 2 aromatic heterocycles. The molecule has 2 heterocycles. The number of thiazole rings is 1. The minimum Gasteiger partial charge on any atom is -0.316 e. The molecule has 1 atom stereocenters. The number of hydrogen-bond acceptors (Lipinski definition) is 5. The van der Waals surface area contributed by atoms with Crippen molar-refractivity contribution in [2.24, 2.45) is 5.73 Å². The van der Waals surface area contributed by atoms with Crippen LogP contribution in [0.5, 0.6) is 0 Å². The Morgan fingerprint density at radius 3 is 2.52 bits per heavy atom. The van der Waals surface area contributed by atoms with Crippen LogP contribution >= 0.6 is 22.9 Å². The van der Waals surface area contributed by atoms with Gasteiger partial charge in [-0.25, -0.2) is 4.98 Å². The minimum atomic E-state index is -0.790. The molecule has 0 aliphatic carbocycles. The van der Waals surface area contributed by atoms with E-state index in [0.29, 0.717) is 15.7 Å². The number of nitrogens with one attached hydrogen (secondary N) is 1. The number of pyridine rings is 1. The van der Waals surface area contributed by atoms with Gasteiger partial charge in [-0.15, -0.1) is 0 Å². The van der Waals surface area contributed by atoms with Crippen LogP contribution in [0.15, 0.2) is 67.0 Å². The van der Waals surface area contributed by atoms with Crippen LogP contribution in [-0.4, -0.2) is 15.9 Å². The smallest absolute Gasteiger partial charge is 0.247 e. The van der Waals surface area contributed by atoms with Crippen LogP contribution in [0.2, 0.25) is 5.02 Å². The molecule has 1 unspecified atom stereocenters. The van der Waals surface area contributed by atoms with Gasteiger partial charge in [-0.05, 0) is 53.1 Å². The number of nitrogens with two attached hydrogens (primary N) is 1. The lowest BCUT2D eigenvalue weighted by Gasteiger charge is -2.10. The van der Waals surface area contributed by atoms with E-state index in [-0.39, 0.29) is 5.91 Å². The van der Waals surface area contributed by atoms with Gasteiger partial charge in [0.15, 0.2) is 5.13 Å². The van der Waals surface area contributed by atoms with E-state index in [2.05, 4.69) is 21.4 Å². The third-order valence-electron chi connectivity index (χ3n) is 4.14. The molecule has 4 aromatic rings. The lowest BCUT2D eigenvalue weighted by Crippen LogP contribution is -2.27. The van der Waals surface area contributed by atoms with Gasteiger partial charge in [-0.3, -0.25) is 9.78 Å². The monoisotopic (exact) mass is 394 g/mol. The number of benzene rings is 2. The number of carbonyl (C=O) groups excluding carboxylic acids is 1. The van der Waals surface area contributed by atoms with Gasteiger partial charge >= 0.3 is 0 Å². The quantitative estimate of drug-likeness (QED) is 0.528. The highest BCUT2D eigenvalue weighted by atomic mass is 35.5. The molecule has 3 N–H and O–H groups in total. The predicted octanol–water partition coefficient (Wildman–Crippen LogP) is 4.65. The normalized spacial score (nSPS) is 12.1. The van der Waals surface area contributed by atoms with Crippen molar-refractivity contribution in [1.82, 2.24) is 9.97 Å². The van der Waals surface area contributed by atoms with Crippen LogP contribution in [0.4, 0.5) is 5.13 Å². The zero-order valence-electron chi connectivity index (χ0n) is 14.1. The van der Waals surface area contributed by atoms with Gasteiger partial charge in [0.25, 0.3) is 0 Å². The summed E-state index contributed by atoms with van der Waals surface area (Å²) < 4.78 is 0.986. The Morgan fingerprint density at radius 1 is 1.04 bits per heavy atom. The van der Waals surface area contributed by atoms with E-state index in [9.17, 15) is 4.79 Å². The highest BCUT2D eigenvalue weighted by Crippen LogP contribution is 2.30. The first-order chi connectivity index (χ1) is 13.1. The maximum absolute atomic E-state index is 12.5. The average Bonchev–Trinajstić information content (AvgIpc) is 3.10. The number of halogens is 1. The predicted molar refractivity (Wildman–Crippen MR) is 110 cm³/mol. The van der Waals surface area contributed by atoms with Crippen molar-refractivity contribution in [3.8, 4) is 11.1 Å². The summed E-state index contributed by atoms with van der Waals surface area (Å²) in [6.07, 6.45) is 3.52. The molecular weight excluding hydrogens is 380 g/mol. The Kier molecular flexibility index (Phi) is 4.85. The van der Waals surface area contributed by atoms with Crippen molar-refractivity contribution in [2.75, 3.05) is 5.32 Å². The fourth-order valence-corrected chi connectivity index (χ4v) is 3.74. The number of rotatable bonds is 4. The van der Waals surface area contributed by atoms with Gasteiger partial charge in [-0.2, -0.15) is 0 Å². The first-order valence-electron chi connectivity index (χ1n) is 8.23. The van der Waals surface area contributed by atoms with Gasteiger partial charge in [0.05, 0.1) is 10.2 Å². The van der Waals surface area contributed by atoms with E-state index in [4.69, 9.17) is 17.3 Å². The molecule has 0 bridgehead atoms. The molecule has 0 fully saturated rings. The molecule has 1 amide bonds. The number of carbonyl (C=O) groups is 1. The largest absolute Gasteiger partial charge is 0.316 e. The zero-order chi connectivity index (χ0) is 18.8. The molecule has 0 saturated heterocycles.